The average Bonchev–Trinajstić information content (AvgIpc) is 2.34. The van der Waals surface area contributed by atoms with Crippen molar-refractivity contribution < 1.29 is 14.3 Å². The van der Waals surface area contributed by atoms with Crippen LogP contribution in [0.2, 0.25) is 0 Å². The largest absolute Gasteiger partial charge is 0.497 e. The first-order valence-electron chi connectivity index (χ1n) is 5.50. The van der Waals surface area contributed by atoms with Gasteiger partial charge in [-0.25, -0.2) is 0 Å². The number of aldehydes is 1. The number of carbonyl (C=O) groups excluding carboxylic acids is 1. The maximum Gasteiger partial charge on any atom is 0.152 e. The van der Waals surface area contributed by atoms with Crippen molar-refractivity contribution in [3.63, 3.8) is 0 Å². The van der Waals surface area contributed by atoms with Gasteiger partial charge in [-0.05, 0) is 31.5 Å². The second-order valence-electron chi connectivity index (χ2n) is 4.00. The summed E-state index contributed by atoms with van der Waals surface area (Å²) in [5.41, 5.74) is 2.08. The number of ether oxygens (including phenoxy) is 2. The van der Waals surface area contributed by atoms with E-state index in [1.165, 1.54) is 0 Å². The van der Waals surface area contributed by atoms with Crippen LogP contribution >= 0.6 is 0 Å². The lowest BCUT2D eigenvalue weighted by atomic mass is 10.2. The number of allylic oxidation sites excluding steroid dienone is 1. The van der Waals surface area contributed by atoms with E-state index in [0.717, 1.165) is 23.2 Å². The van der Waals surface area contributed by atoms with Gasteiger partial charge in [0.05, 0.1) is 13.7 Å². The molecule has 0 aliphatic rings. The fourth-order valence-corrected chi connectivity index (χ4v) is 1.37. The Hall–Kier alpha value is -1.61. The van der Waals surface area contributed by atoms with Crippen LogP contribution in [0.15, 0.2) is 35.9 Å². The van der Waals surface area contributed by atoms with E-state index in [-0.39, 0.29) is 0 Å². The van der Waals surface area contributed by atoms with E-state index in [0.29, 0.717) is 6.61 Å². The lowest BCUT2D eigenvalue weighted by Crippen LogP contribution is -2.11. The van der Waals surface area contributed by atoms with Gasteiger partial charge in [-0.3, -0.25) is 0 Å². The summed E-state index contributed by atoms with van der Waals surface area (Å²) in [5, 5.41) is 0. The van der Waals surface area contributed by atoms with Gasteiger partial charge < -0.3 is 14.3 Å². The van der Waals surface area contributed by atoms with E-state index in [9.17, 15) is 4.79 Å². The van der Waals surface area contributed by atoms with Crippen molar-refractivity contribution in [2.45, 2.75) is 26.6 Å². The minimum Gasteiger partial charge on any atom is -0.497 e. The minimum atomic E-state index is -0.470. The Morgan fingerprint density at radius 2 is 1.94 bits per heavy atom. The SMILES string of the molecule is COc1ccc(CO[C@H](C=O)C=C(C)C)cc1. The van der Waals surface area contributed by atoms with Gasteiger partial charge in [-0.2, -0.15) is 0 Å². The molecule has 3 nitrogen and oxygen atoms in total. The van der Waals surface area contributed by atoms with E-state index >= 15 is 0 Å². The van der Waals surface area contributed by atoms with Gasteiger partial charge in [0.15, 0.2) is 6.29 Å². The Labute approximate surface area is 102 Å². The highest BCUT2D eigenvalue weighted by Crippen LogP contribution is 2.12. The third-order valence-corrected chi connectivity index (χ3v) is 2.23. The number of methoxy groups -OCH3 is 1. The number of benzene rings is 1. The van der Waals surface area contributed by atoms with Crippen LogP contribution in [0.4, 0.5) is 0 Å². The summed E-state index contributed by atoms with van der Waals surface area (Å²) < 4.78 is 10.5. The Kier molecular flexibility index (Phi) is 5.43. The Morgan fingerprint density at radius 1 is 1.29 bits per heavy atom. The highest BCUT2D eigenvalue weighted by Gasteiger charge is 2.04. The maximum absolute atomic E-state index is 10.8. The van der Waals surface area contributed by atoms with Crippen LogP contribution in [-0.2, 0) is 16.1 Å². The van der Waals surface area contributed by atoms with Gasteiger partial charge in [-0.15, -0.1) is 0 Å². The molecule has 0 aliphatic carbocycles. The molecule has 0 saturated carbocycles. The van der Waals surface area contributed by atoms with E-state index < -0.39 is 6.10 Å². The molecular weight excluding hydrogens is 216 g/mol. The lowest BCUT2D eigenvalue weighted by Gasteiger charge is -2.09. The van der Waals surface area contributed by atoms with Crippen LogP contribution in [0.1, 0.15) is 19.4 Å². The van der Waals surface area contributed by atoms with Crippen molar-refractivity contribution in [1.82, 2.24) is 0 Å². The van der Waals surface area contributed by atoms with Crippen LogP contribution in [-0.4, -0.2) is 19.5 Å². The van der Waals surface area contributed by atoms with Crippen molar-refractivity contribution in [2.24, 2.45) is 0 Å². The normalized spacial score (nSPS) is 11.7. The summed E-state index contributed by atoms with van der Waals surface area (Å²) in [7, 11) is 1.63. The monoisotopic (exact) mass is 234 g/mol. The summed E-state index contributed by atoms with van der Waals surface area (Å²) in [6.45, 7) is 4.29. The summed E-state index contributed by atoms with van der Waals surface area (Å²) in [6.07, 6.45) is 2.13. The zero-order valence-electron chi connectivity index (χ0n) is 10.5. The molecule has 0 aromatic heterocycles. The highest BCUT2D eigenvalue weighted by molar-refractivity contribution is 5.59. The summed E-state index contributed by atoms with van der Waals surface area (Å²) in [6, 6.07) is 7.58. The number of rotatable bonds is 6. The van der Waals surface area contributed by atoms with Gasteiger partial charge in [0.25, 0.3) is 0 Å². The van der Waals surface area contributed by atoms with E-state index in [1.54, 1.807) is 13.2 Å². The number of hydrogen-bond acceptors (Lipinski definition) is 3. The summed E-state index contributed by atoms with van der Waals surface area (Å²) in [4.78, 5) is 10.8. The zero-order valence-corrected chi connectivity index (χ0v) is 10.5. The lowest BCUT2D eigenvalue weighted by molar-refractivity contribution is -0.116. The van der Waals surface area contributed by atoms with Crippen LogP contribution < -0.4 is 4.74 Å². The van der Waals surface area contributed by atoms with Crippen LogP contribution in [0.25, 0.3) is 0 Å². The van der Waals surface area contributed by atoms with Crippen LogP contribution in [0.3, 0.4) is 0 Å². The second-order valence-corrected chi connectivity index (χ2v) is 4.00. The minimum absolute atomic E-state index is 0.414. The smallest absolute Gasteiger partial charge is 0.152 e. The first kappa shape index (κ1) is 13.5. The quantitative estimate of drug-likeness (QED) is 0.561. The van der Waals surface area contributed by atoms with Crippen molar-refractivity contribution in [1.29, 1.82) is 0 Å². The fourth-order valence-electron chi connectivity index (χ4n) is 1.37. The van der Waals surface area contributed by atoms with Gasteiger partial charge in [-0.1, -0.05) is 23.8 Å². The van der Waals surface area contributed by atoms with Crippen molar-refractivity contribution in [3.05, 3.63) is 41.5 Å². The van der Waals surface area contributed by atoms with Crippen LogP contribution in [0.5, 0.6) is 5.75 Å². The molecule has 0 heterocycles. The molecule has 17 heavy (non-hydrogen) atoms. The molecule has 0 amide bonds. The predicted octanol–water partition coefficient (Wildman–Crippen LogP) is 2.75. The zero-order chi connectivity index (χ0) is 12.7. The highest BCUT2D eigenvalue weighted by atomic mass is 16.5. The standard InChI is InChI=1S/C14H18O3/c1-11(2)8-14(9-15)17-10-12-4-6-13(16-3)7-5-12/h4-9,14H,10H2,1-3H3/t14-/m0/s1. The molecule has 1 aromatic rings. The Morgan fingerprint density at radius 3 is 2.41 bits per heavy atom. The Balaban J connectivity index is 2.53. The molecule has 1 atom stereocenters. The molecule has 0 aliphatic heterocycles. The fraction of sp³-hybridized carbons (Fsp3) is 0.357. The molecule has 0 spiro atoms. The maximum atomic E-state index is 10.8. The van der Waals surface area contributed by atoms with Gasteiger partial charge >= 0.3 is 0 Å². The molecule has 0 unspecified atom stereocenters. The average molecular weight is 234 g/mol. The van der Waals surface area contributed by atoms with Gasteiger partial charge in [0.1, 0.15) is 11.9 Å². The number of hydrogen-bond donors (Lipinski definition) is 0. The van der Waals surface area contributed by atoms with Crippen LogP contribution in [0, 0.1) is 0 Å². The molecule has 0 bridgehead atoms. The predicted molar refractivity (Wildman–Crippen MR) is 67.1 cm³/mol. The molecule has 1 aromatic carbocycles. The first-order chi connectivity index (χ1) is 8.15. The van der Waals surface area contributed by atoms with Crippen molar-refractivity contribution in [3.8, 4) is 5.75 Å². The van der Waals surface area contributed by atoms with Gasteiger partial charge in [0, 0.05) is 0 Å². The van der Waals surface area contributed by atoms with E-state index in [2.05, 4.69) is 0 Å². The molecule has 0 radical (unpaired) electrons. The molecule has 3 heteroatoms. The van der Waals surface area contributed by atoms with E-state index in [4.69, 9.17) is 9.47 Å². The third kappa shape index (κ3) is 4.83. The summed E-state index contributed by atoms with van der Waals surface area (Å²) in [5.74, 6) is 0.810. The van der Waals surface area contributed by atoms with E-state index in [1.807, 2.05) is 38.1 Å². The summed E-state index contributed by atoms with van der Waals surface area (Å²) >= 11 is 0. The third-order valence-electron chi connectivity index (χ3n) is 2.23. The van der Waals surface area contributed by atoms with Gasteiger partial charge in [0.2, 0.25) is 0 Å². The topological polar surface area (TPSA) is 35.5 Å². The number of carbonyl (C=O) groups is 1. The Bertz CT molecular complexity index is 375. The molecule has 92 valence electrons. The molecule has 0 fully saturated rings. The first-order valence-corrected chi connectivity index (χ1v) is 5.50. The second kappa shape index (κ2) is 6.86. The van der Waals surface area contributed by atoms with Crippen molar-refractivity contribution in [2.75, 3.05) is 7.11 Å². The molecule has 1 rings (SSSR count). The molecule has 0 saturated heterocycles. The van der Waals surface area contributed by atoms with Crippen molar-refractivity contribution >= 4 is 6.29 Å². The molecule has 0 N–H and O–H groups in total. The molecular formula is C14H18O3.